The van der Waals surface area contributed by atoms with Crippen molar-refractivity contribution in [3.8, 4) is 0 Å². The maximum atomic E-state index is 9.00. The Hall–Kier alpha value is -2.09. The number of carboxylic acids is 1. The van der Waals surface area contributed by atoms with Crippen molar-refractivity contribution in [1.29, 1.82) is 0 Å². The molecule has 0 spiro atoms. The van der Waals surface area contributed by atoms with Gasteiger partial charge in [-0.15, -0.1) is 0 Å². The van der Waals surface area contributed by atoms with Crippen molar-refractivity contribution in [2.24, 2.45) is 0 Å². The summed E-state index contributed by atoms with van der Waals surface area (Å²) < 4.78 is 0. The van der Waals surface area contributed by atoms with Crippen molar-refractivity contribution in [3.63, 3.8) is 0 Å². The lowest BCUT2D eigenvalue weighted by Gasteiger charge is -1.82. The second-order valence-electron chi connectivity index (χ2n) is 4.04. The van der Waals surface area contributed by atoms with E-state index in [1.54, 1.807) is 0 Å². The molecule has 0 bridgehead atoms. The van der Waals surface area contributed by atoms with E-state index >= 15 is 0 Å². The van der Waals surface area contributed by atoms with Crippen LogP contribution in [-0.2, 0) is 4.79 Å². The summed E-state index contributed by atoms with van der Waals surface area (Å²) >= 11 is 0. The molecule has 20 heavy (non-hydrogen) atoms. The zero-order valence-corrected chi connectivity index (χ0v) is 12.9. The molecular weight excluding hydrogens is 248 g/mol. The van der Waals surface area contributed by atoms with Gasteiger partial charge in [-0.05, 0) is 6.92 Å². The fourth-order valence-electron chi connectivity index (χ4n) is 0.919. The second-order valence-corrected chi connectivity index (χ2v) is 4.04. The summed E-state index contributed by atoms with van der Waals surface area (Å²) in [6, 6.07) is 22.3. The maximum absolute atomic E-state index is 9.00. The molecule has 0 saturated heterocycles. The highest BCUT2D eigenvalue weighted by Crippen LogP contribution is 1.92. The summed E-state index contributed by atoms with van der Waals surface area (Å²) in [6.07, 6.45) is 1.25. The van der Waals surface area contributed by atoms with Crippen LogP contribution >= 0.6 is 0 Å². The maximum Gasteiger partial charge on any atom is 0.300 e. The van der Waals surface area contributed by atoms with Crippen LogP contribution in [0.1, 0.15) is 32.8 Å². The third-order valence-electron chi connectivity index (χ3n) is 1.61. The fourth-order valence-corrected chi connectivity index (χ4v) is 0.919. The molecular formula is C18H26O2. The first kappa shape index (κ1) is 20.2. The highest BCUT2D eigenvalue weighted by molar-refractivity contribution is 5.62. The highest BCUT2D eigenvalue weighted by Gasteiger charge is 1.72. The van der Waals surface area contributed by atoms with Gasteiger partial charge in [0.1, 0.15) is 0 Å². The van der Waals surface area contributed by atoms with Crippen LogP contribution in [0.2, 0.25) is 0 Å². The smallest absolute Gasteiger partial charge is 0.300 e. The van der Waals surface area contributed by atoms with Gasteiger partial charge in [0.05, 0.1) is 0 Å². The lowest BCUT2D eigenvalue weighted by molar-refractivity contribution is -0.134. The first-order valence-electron chi connectivity index (χ1n) is 6.75. The van der Waals surface area contributed by atoms with E-state index in [1.807, 2.05) is 54.6 Å². The number of aliphatic carboxylic acids is 1. The van der Waals surface area contributed by atoms with Gasteiger partial charge in [-0.2, -0.15) is 0 Å². The normalized spacial score (nSPS) is 7.60. The van der Waals surface area contributed by atoms with Crippen molar-refractivity contribution in [2.75, 3.05) is 0 Å². The second kappa shape index (κ2) is 16.9. The van der Waals surface area contributed by atoms with Gasteiger partial charge in [-0.3, -0.25) is 4.79 Å². The summed E-state index contributed by atoms with van der Waals surface area (Å²) in [6.45, 7) is 7.42. The van der Waals surface area contributed by atoms with Crippen LogP contribution in [0.15, 0.2) is 66.7 Å². The van der Waals surface area contributed by atoms with Gasteiger partial charge in [0, 0.05) is 6.92 Å². The number of benzene rings is 2. The Morgan fingerprint density at radius 3 is 1.20 bits per heavy atom. The SMILES string of the molecule is CC(=O)O.CCC.Cc1ccccc1.c1ccccc1. The predicted molar refractivity (Wildman–Crippen MR) is 86.9 cm³/mol. The van der Waals surface area contributed by atoms with Gasteiger partial charge < -0.3 is 5.11 Å². The van der Waals surface area contributed by atoms with Gasteiger partial charge in [-0.25, -0.2) is 0 Å². The Kier molecular flexibility index (Phi) is 17.1. The van der Waals surface area contributed by atoms with E-state index in [9.17, 15) is 0 Å². The van der Waals surface area contributed by atoms with E-state index < -0.39 is 5.97 Å². The minimum atomic E-state index is -0.833. The Balaban J connectivity index is 0. The van der Waals surface area contributed by atoms with Crippen LogP contribution in [0, 0.1) is 6.92 Å². The summed E-state index contributed by atoms with van der Waals surface area (Å²) in [5, 5.41) is 7.42. The molecule has 2 rings (SSSR count). The average Bonchev–Trinajstić information content (AvgIpc) is 2.42. The lowest BCUT2D eigenvalue weighted by atomic mass is 10.2. The van der Waals surface area contributed by atoms with Crippen LogP contribution in [-0.4, -0.2) is 11.1 Å². The zero-order chi connectivity index (χ0) is 15.6. The lowest BCUT2D eigenvalue weighted by Crippen LogP contribution is -1.78. The molecule has 0 aliphatic rings. The van der Waals surface area contributed by atoms with Crippen molar-refractivity contribution in [3.05, 3.63) is 72.3 Å². The first-order chi connectivity index (χ1) is 9.54. The fraction of sp³-hybridized carbons (Fsp3) is 0.278. The standard InChI is InChI=1S/C7H8.C6H6.C3H8.C2H4O2/c1-7-5-3-2-4-6-7;1-2-4-6-5-3-1;1-3-2;1-2(3)4/h2-6H,1H3;1-6H;3H2,1-2H3;1H3,(H,3,4). The molecule has 0 aliphatic carbocycles. The number of carboxylic acid groups (broad SMARTS) is 1. The third-order valence-corrected chi connectivity index (χ3v) is 1.61. The van der Waals surface area contributed by atoms with Crippen LogP contribution in [0.5, 0.6) is 0 Å². The molecule has 0 heterocycles. The monoisotopic (exact) mass is 274 g/mol. The molecule has 2 heteroatoms. The molecule has 0 amide bonds. The molecule has 0 aromatic heterocycles. The quantitative estimate of drug-likeness (QED) is 0.718. The van der Waals surface area contributed by atoms with E-state index in [1.165, 1.54) is 12.0 Å². The average molecular weight is 274 g/mol. The minimum absolute atomic E-state index is 0.833. The van der Waals surface area contributed by atoms with E-state index in [-0.39, 0.29) is 0 Å². The predicted octanol–water partition coefficient (Wildman–Crippen LogP) is 5.19. The Morgan fingerprint density at radius 1 is 0.850 bits per heavy atom. The van der Waals surface area contributed by atoms with E-state index in [2.05, 4.69) is 32.9 Å². The number of hydrogen-bond donors (Lipinski definition) is 1. The number of carbonyl (C=O) groups is 1. The summed E-state index contributed by atoms with van der Waals surface area (Å²) in [5.41, 5.74) is 1.32. The van der Waals surface area contributed by atoms with Gasteiger partial charge >= 0.3 is 0 Å². The molecule has 0 radical (unpaired) electrons. The zero-order valence-electron chi connectivity index (χ0n) is 12.9. The molecule has 0 saturated carbocycles. The third kappa shape index (κ3) is 24.9. The summed E-state index contributed by atoms with van der Waals surface area (Å²) in [7, 11) is 0. The van der Waals surface area contributed by atoms with Gasteiger partial charge in [0.25, 0.3) is 5.97 Å². The van der Waals surface area contributed by atoms with Crippen molar-refractivity contribution in [1.82, 2.24) is 0 Å². The molecule has 0 unspecified atom stereocenters. The Morgan fingerprint density at radius 2 is 1.05 bits per heavy atom. The van der Waals surface area contributed by atoms with Crippen molar-refractivity contribution >= 4 is 5.97 Å². The number of hydrogen-bond acceptors (Lipinski definition) is 1. The number of aryl methyl sites for hydroxylation is 1. The van der Waals surface area contributed by atoms with Crippen LogP contribution in [0.4, 0.5) is 0 Å². The van der Waals surface area contributed by atoms with Crippen LogP contribution in [0.3, 0.4) is 0 Å². The highest BCUT2D eigenvalue weighted by atomic mass is 16.4. The summed E-state index contributed by atoms with van der Waals surface area (Å²) in [4.78, 5) is 9.00. The van der Waals surface area contributed by atoms with E-state index in [0.29, 0.717) is 0 Å². The van der Waals surface area contributed by atoms with Crippen LogP contribution in [0.25, 0.3) is 0 Å². The summed E-state index contributed by atoms with van der Waals surface area (Å²) in [5.74, 6) is -0.833. The molecule has 0 fully saturated rings. The molecule has 0 atom stereocenters. The molecule has 1 N–H and O–H groups in total. The van der Waals surface area contributed by atoms with Gasteiger partial charge in [0.15, 0.2) is 0 Å². The topological polar surface area (TPSA) is 37.3 Å². The van der Waals surface area contributed by atoms with E-state index in [0.717, 1.165) is 6.92 Å². The van der Waals surface area contributed by atoms with Gasteiger partial charge in [0.2, 0.25) is 0 Å². The molecule has 2 nitrogen and oxygen atoms in total. The molecule has 2 aromatic rings. The first-order valence-corrected chi connectivity index (χ1v) is 6.75. The largest absolute Gasteiger partial charge is 0.481 e. The molecule has 0 aliphatic heterocycles. The van der Waals surface area contributed by atoms with E-state index in [4.69, 9.17) is 9.90 Å². The Bertz CT molecular complexity index is 366. The van der Waals surface area contributed by atoms with Crippen LogP contribution < -0.4 is 0 Å². The molecule has 2 aromatic carbocycles. The molecule has 110 valence electrons. The van der Waals surface area contributed by atoms with Crippen molar-refractivity contribution in [2.45, 2.75) is 34.1 Å². The number of rotatable bonds is 0. The van der Waals surface area contributed by atoms with Crippen molar-refractivity contribution < 1.29 is 9.90 Å². The van der Waals surface area contributed by atoms with Gasteiger partial charge in [-0.1, -0.05) is 92.6 Å². The minimum Gasteiger partial charge on any atom is -0.481 e. The Labute approximate surface area is 123 Å².